The topological polar surface area (TPSA) is 54.2 Å². The summed E-state index contributed by atoms with van der Waals surface area (Å²) in [7, 11) is 0. The van der Waals surface area contributed by atoms with Gasteiger partial charge in [0.15, 0.2) is 0 Å². The Morgan fingerprint density at radius 3 is 2.84 bits per heavy atom. The molecule has 6 heteroatoms. The fraction of sp³-hybridized carbons (Fsp3) is 0.368. The second-order valence-electron chi connectivity index (χ2n) is 6.54. The zero-order chi connectivity index (χ0) is 17.2. The number of thiazole rings is 1. The first-order valence-corrected chi connectivity index (χ1v) is 9.50. The summed E-state index contributed by atoms with van der Waals surface area (Å²) < 4.78 is 2.05. The highest BCUT2D eigenvalue weighted by Gasteiger charge is 2.21. The van der Waals surface area contributed by atoms with E-state index in [1.54, 1.807) is 11.3 Å². The van der Waals surface area contributed by atoms with Crippen molar-refractivity contribution in [1.29, 1.82) is 0 Å². The van der Waals surface area contributed by atoms with Gasteiger partial charge in [-0.15, -0.1) is 11.3 Å². The summed E-state index contributed by atoms with van der Waals surface area (Å²) in [5.41, 5.74) is 3.86. The minimum absolute atomic E-state index is 0.671. The number of aliphatic hydroxyl groups excluding tert-OH is 1. The van der Waals surface area contributed by atoms with Crippen LogP contribution in [0, 0.1) is 6.92 Å². The summed E-state index contributed by atoms with van der Waals surface area (Å²) in [5.74, 6) is 0. The summed E-state index contributed by atoms with van der Waals surface area (Å²) in [4.78, 5) is 6.99. The van der Waals surface area contributed by atoms with E-state index in [1.807, 2.05) is 43.3 Å². The predicted octanol–water partition coefficient (Wildman–Crippen LogP) is 3.14. The molecule has 1 aromatic carbocycles. The highest BCUT2D eigenvalue weighted by molar-refractivity contribution is 7.09. The quantitative estimate of drug-likeness (QED) is 0.782. The molecule has 0 spiro atoms. The standard InChI is InChI=1S/C19H22N4OS/c1-14-13-25-18(20-14)12-22-8-5-9-23-16(11-22)10-17(21-23)19(24)15-6-3-2-4-7-15/h2-4,6-7,10,13,19,24H,5,8-9,11-12H2,1H3. The number of aromatic nitrogens is 3. The maximum Gasteiger partial charge on any atom is 0.123 e. The number of benzene rings is 1. The second kappa shape index (κ2) is 7.07. The average molecular weight is 354 g/mol. The van der Waals surface area contributed by atoms with Crippen LogP contribution in [-0.4, -0.2) is 31.3 Å². The van der Waals surface area contributed by atoms with Crippen LogP contribution in [-0.2, 0) is 19.6 Å². The van der Waals surface area contributed by atoms with Gasteiger partial charge in [0.1, 0.15) is 11.1 Å². The molecule has 0 amide bonds. The first-order chi connectivity index (χ1) is 12.2. The van der Waals surface area contributed by atoms with Gasteiger partial charge in [-0.2, -0.15) is 5.10 Å². The largest absolute Gasteiger partial charge is 0.382 e. The third kappa shape index (κ3) is 3.66. The van der Waals surface area contributed by atoms with E-state index in [9.17, 15) is 5.11 Å². The van der Waals surface area contributed by atoms with Gasteiger partial charge in [-0.1, -0.05) is 30.3 Å². The number of aryl methyl sites for hydroxylation is 2. The molecule has 1 atom stereocenters. The van der Waals surface area contributed by atoms with E-state index in [0.717, 1.165) is 60.3 Å². The molecular weight excluding hydrogens is 332 g/mol. The van der Waals surface area contributed by atoms with Crippen LogP contribution in [0.5, 0.6) is 0 Å². The predicted molar refractivity (Wildman–Crippen MR) is 98.3 cm³/mol. The Balaban J connectivity index is 1.52. The molecule has 0 aliphatic carbocycles. The molecule has 130 valence electrons. The van der Waals surface area contributed by atoms with Crippen LogP contribution in [0.1, 0.15) is 40.2 Å². The Bertz CT molecular complexity index is 842. The van der Waals surface area contributed by atoms with E-state index in [-0.39, 0.29) is 0 Å². The fourth-order valence-electron chi connectivity index (χ4n) is 3.29. The van der Waals surface area contributed by atoms with Crippen LogP contribution in [0.3, 0.4) is 0 Å². The molecule has 4 rings (SSSR count). The van der Waals surface area contributed by atoms with Gasteiger partial charge in [0.25, 0.3) is 0 Å². The molecule has 0 radical (unpaired) electrons. The van der Waals surface area contributed by atoms with Crippen molar-refractivity contribution in [2.24, 2.45) is 0 Å². The molecule has 0 saturated heterocycles. The Labute approximate surface area is 151 Å². The van der Waals surface area contributed by atoms with Gasteiger partial charge in [0.2, 0.25) is 0 Å². The van der Waals surface area contributed by atoms with Crippen LogP contribution in [0.15, 0.2) is 41.8 Å². The summed E-state index contributed by atoms with van der Waals surface area (Å²) in [5, 5.41) is 18.5. The van der Waals surface area contributed by atoms with Crippen molar-refractivity contribution in [3.8, 4) is 0 Å². The minimum Gasteiger partial charge on any atom is -0.382 e. The number of hydrogen-bond acceptors (Lipinski definition) is 5. The van der Waals surface area contributed by atoms with E-state index < -0.39 is 6.10 Å². The van der Waals surface area contributed by atoms with Crippen molar-refractivity contribution in [2.45, 2.75) is 39.1 Å². The maximum absolute atomic E-state index is 10.6. The Morgan fingerprint density at radius 2 is 2.08 bits per heavy atom. The molecule has 3 heterocycles. The molecule has 0 saturated carbocycles. The lowest BCUT2D eigenvalue weighted by Gasteiger charge is -2.17. The van der Waals surface area contributed by atoms with Gasteiger partial charge >= 0.3 is 0 Å². The Morgan fingerprint density at radius 1 is 1.24 bits per heavy atom. The van der Waals surface area contributed by atoms with E-state index in [4.69, 9.17) is 0 Å². The lowest BCUT2D eigenvalue weighted by atomic mass is 10.1. The van der Waals surface area contributed by atoms with Crippen molar-refractivity contribution in [3.05, 3.63) is 69.4 Å². The van der Waals surface area contributed by atoms with Crippen molar-refractivity contribution in [1.82, 2.24) is 19.7 Å². The van der Waals surface area contributed by atoms with Crippen LogP contribution >= 0.6 is 11.3 Å². The molecule has 1 aliphatic rings. The van der Waals surface area contributed by atoms with Gasteiger partial charge < -0.3 is 5.11 Å². The molecule has 0 bridgehead atoms. The molecule has 3 aromatic rings. The zero-order valence-electron chi connectivity index (χ0n) is 14.3. The summed E-state index contributed by atoms with van der Waals surface area (Å²) in [6.07, 6.45) is 0.385. The monoisotopic (exact) mass is 354 g/mol. The van der Waals surface area contributed by atoms with Crippen molar-refractivity contribution in [2.75, 3.05) is 6.54 Å². The van der Waals surface area contributed by atoms with Gasteiger partial charge in [0, 0.05) is 30.7 Å². The molecule has 25 heavy (non-hydrogen) atoms. The van der Waals surface area contributed by atoms with Crippen LogP contribution < -0.4 is 0 Å². The number of nitrogens with zero attached hydrogens (tertiary/aromatic N) is 4. The average Bonchev–Trinajstić information content (AvgIpc) is 3.16. The molecule has 5 nitrogen and oxygen atoms in total. The highest BCUT2D eigenvalue weighted by atomic mass is 32.1. The number of aliphatic hydroxyl groups is 1. The van der Waals surface area contributed by atoms with E-state index in [1.165, 1.54) is 0 Å². The van der Waals surface area contributed by atoms with Gasteiger partial charge in [-0.05, 0) is 25.0 Å². The highest BCUT2D eigenvalue weighted by Crippen LogP contribution is 2.24. The first kappa shape index (κ1) is 16.4. The van der Waals surface area contributed by atoms with E-state index in [2.05, 4.69) is 25.0 Å². The van der Waals surface area contributed by atoms with Crippen LogP contribution in [0.25, 0.3) is 0 Å². The third-order valence-corrected chi connectivity index (χ3v) is 5.48. The zero-order valence-corrected chi connectivity index (χ0v) is 15.1. The van der Waals surface area contributed by atoms with Crippen molar-refractivity contribution in [3.63, 3.8) is 0 Å². The molecule has 1 unspecified atom stereocenters. The fourth-order valence-corrected chi connectivity index (χ4v) is 4.11. The summed E-state index contributed by atoms with van der Waals surface area (Å²) in [6, 6.07) is 11.8. The SMILES string of the molecule is Cc1csc(CN2CCCn3nc(C(O)c4ccccc4)cc3C2)n1. The van der Waals surface area contributed by atoms with Gasteiger partial charge in [-0.3, -0.25) is 9.58 Å². The molecular formula is C19H22N4OS. The Hall–Kier alpha value is -2.02. The molecule has 0 fully saturated rings. The molecule has 2 aromatic heterocycles. The Kier molecular flexibility index (Phi) is 4.65. The van der Waals surface area contributed by atoms with Crippen molar-refractivity contribution < 1.29 is 5.11 Å². The lowest BCUT2D eigenvalue weighted by Crippen LogP contribution is -2.22. The summed E-state index contributed by atoms with van der Waals surface area (Å²) >= 11 is 1.72. The lowest BCUT2D eigenvalue weighted by molar-refractivity contribution is 0.213. The normalized spacial score (nSPS) is 16.4. The smallest absolute Gasteiger partial charge is 0.123 e. The minimum atomic E-state index is -0.671. The molecule has 1 N–H and O–H groups in total. The van der Waals surface area contributed by atoms with Crippen LogP contribution in [0.2, 0.25) is 0 Å². The van der Waals surface area contributed by atoms with Gasteiger partial charge in [0.05, 0.1) is 17.9 Å². The summed E-state index contributed by atoms with van der Waals surface area (Å²) in [6.45, 7) is 5.69. The third-order valence-electron chi connectivity index (χ3n) is 4.53. The number of hydrogen-bond donors (Lipinski definition) is 1. The van der Waals surface area contributed by atoms with E-state index >= 15 is 0 Å². The van der Waals surface area contributed by atoms with Gasteiger partial charge in [-0.25, -0.2) is 4.98 Å². The molecule has 1 aliphatic heterocycles. The number of fused-ring (bicyclic) bond motifs is 1. The van der Waals surface area contributed by atoms with Crippen LogP contribution in [0.4, 0.5) is 0 Å². The maximum atomic E-state index is 10.6. The van der Waals surface area contributed by atoms with Crippen molar-refractivity contribution >= 4 is 11.3 Å². The first-order valence-electron chi connectivity index (χ1n) is 8.62. The van der Waals surface area contributed by atoms with E-state index in [0.29, 0.717) is 0 Å². The second-order valence-corrected chi connectivity index (χ2v) is 7.49. The number of rotatable bonds is 4.